The average molecular weight is 418 g/mol. The van der Waals surface area contributed by atoms with Crippen molar-refractivity contribution in [3.05, 3.63) is 90.0 Å². The van der Waals surface area contributed by atoms with Gasteiger partial charge in [0.2, 0.25) is 5.91 Å². The summed E-state index contributed by atoms with van der Waals surface area (Å²) in [6, 6.07) is 24.0. The Morgan fingerprint density at radius 1 is 0.839 bits per heavy atom. The van der Waals surface area contributed by atoms with E-state index in [1.54, 1.807) is 36.4 Å². The summed E-state index contributed by atoms with van der Waals surface area (Å²) in [5.74, 6) is 0.212. The van der Waals surface area contributed by atoms with Crippen molar-refractivity contribution in [1.82, 2.24) is 0 Å². The van der Waals surface area contributed by atoms with Gasteiger partial charge in [0, 0.05) is 11.4 Å². The highest BCUT2D eigenvalue weighted by Crippen LogP contribution is 2.17. The SMILES string of the molecule is CCCOC(=O)c1ccc(NCC(=O)Nc2ccc(OCc3ccccc3)cc2)cc1. The molecule has 0 aliphatic heterocycles. The fourth-order valence-corrected chi connectivity index (χ4v) is 2.77. The van der Waals surface area contributed by atoms with E-state index in [0.717, 1.165) is 23.4 Å². The highest BCUT2D eigenvalue weighted by molar-refractivity contribution is 5.94. The number of hydrogen-bond donors (Lipinski definition) is 2. The van der Waals surface area contributed by atoms with Crippen molar-refractivity contribution in [3.8, 4) is 5.75 Å². The van der Waals surface area contributed by atoms with Crippen LogP contribution < -0.4 is 15.4 Å². The van der Waals surface area contributed by atoms with Crippen LogP contribution >= 0.6 is 0 Å². The Morgan fingerprint density at radius 2 is 1.52 bits per heavy atom. The van der Waals surface area contributed by atoms with Gasteiger partial charge in [0.25, 0.3) is 0 Å². The lowest BCUT2D eigenvalue weighted by Gasteiger charge is -2.10. The normalized spacial score (nSPS) is 10.2. The van der Waals surface area contributed by atoms with Crippen LogP contribution in [0.15, 0.2) is 78.9 Å². The number of esters is 1. The zero-order chi connectivity index (χ0) is 21.9. The summed E-state index contributed by atoms with van der Waals surface area (Å²) in [4.78, 5) is 24.0. The highest BCUT2D eigenvalue weighted by atomic mass is 16.5. The monoisotopic (exact) mass is 418 g/mol. The van der Waals surface area contributed by atoms with Crippen LogP contribution in [0.3, 0.4) is 0 Å². The minimum atomic E-state index is -0.345. The standard InChI is InChI=1S/C25H26N2O4/c1-2-16-30-25(29)20-8-10-21(11-9-20)26-17-24(28)27-22-12-14-23(15-13-22)31-18-19-6-4-3-5-7-19/h3-15,26H,2,16-18H2,1H3,(H,27,28). The second-order valence-electron chi connectivity index (χ2n) is 6.91. The first-order valence-corrected chi connectivity index (χ1v) is 10.2. The molecule has 31 heavy (non-hydrogen) atoms. The number of benzene rings is 3. The van der Waals surface area contributed by atoms with E-state index in [-0.39, 0.29) is 18.4 Å². The molecular weight excluding hydrogens is 392 g/mol. The first-order chi connectivity index (χ1) is 15.1. The molecule has 0 bridgehead atoms. The van der Waals surface area contributed by atoms with Crippen LogP contribution in [0.1, 0.15) is 29.3 Å². The molecule has 0 spiro atoms. The summed E-state index contributed by atoms with van der Waals surface area (Å²) in [6.45, 7) is 2.94. The molecular formula is C25H26N2O4. The molecule has 0 fully saturated rings. The van der Waals surface area contributed by atoms with Gasteiger partial charge in [-0.05, 0) is 60.5 Å². The number of ether oxygens (including phenoxy) is 2. The van der Waals surface area contributed by atoms with Gasteiger partial charge in [0.1, 0.15) is 12.4 Å². The number of rotatable bonds is 10. The lowest BCUT2D eigenvalue weighted by molar-refractivity contribution is -0.114. The fourth-order valence-electron chi connectivity index (χ4n) is 2.77. The van der Waals surface area contributed by atoms with E-state index < -0.39 is 0 Å². The number of anilines is 2. The maximum atomic E-state index is 12.2. The summed E-state index contributed by atoms with van der Waals surface area (Å²) in [6.07, 6.45) is 0.782. The van der Waals surface area contributed by atoms with E-state index in [2.05, 4.69) is 10.6 Å². The molecule has 3 rings (SSSR count). The number of carbonyl (C=O) groups excluding carboxylic acids is 2. The molecule has 0 aliphatic carbocycles. The van der Waals surface area contributed by atoms with Gasteiger partial charge in [-0.2, -0.15) is 0 Å². The Hall–Kier alpha value is -3.80. The van der Waals surface area contributed by atoms with Crippen molar-refractivity contribution in [2.24, 2.45) is 0 Å². The Labute approximate surface area is 182 Å². The van der Waals surface area contributed by atoms with Crippen molar-refractivity contribution in [3.63, 3.8) is 0 Å². The third kappa shape index (κ3) is 7.19. The maximum absolute atomic E-state index is 12.2. The van der Waals surface area contributed by atoms with Crippen molar-refractivity contribution < 1.29 is 19.1 Å². The molecule has 6 heteroatoms. The second-order valence-corrected chi connectivity index (χ2v) is 6.91. The smallest absolute Gasteiger partial charge is 0.338 e. The summed E-state index contributed by atoms with van der Waals surface area (Å²) in [7, 11) is 0. The predicted octanol–water partition coefficient (Wildman–Crippen LogP) is 4.88. The van der Waals surface area contributed by atoms with Crippen LogP contribution in [0, 0.1) is 0 Å². The van der Waals surface area contributed by atoms with E-state index in [0.29, 0.717) is 24.5 Å². The van der Waals surface area contributed by atoms with Crippen molar-refractivity contribution in [2.45, 2.75) is 20.0 Å². The van der Waals surface area contributed by atoms with Gasteiger partial charge in [-0.1, -0.05) is 37.3 Å². The van der Waals surface area contributed by atoms with Gasteiger partial charge >= 0.3 is 5.97 Å². The molecule has 0 saturated carbocycles. The van der Waals surface area contributed by atoms with Gasteiger partial charge in [-0.15, -0.1) is 0 Å². The van der Waals surface area contributed by atoms with Crippen LogP contribution in [0.5, 0.6) is 5.75 Å². The number of hydrogen-bond acceptors (Lipinski definition) is 5. The van der Waals surface area contributed by atoms with Crippen LogP contribution in [0.4, 0.5) is 11.4 Å². The first-order valence-electron chi connectivity index (χ1n) is 10.2. The van der Waals surface area contributed by atoms with Gasteiger partial charge in [-0.25, -0.2) is 4.79 Å². The number of amides is 1. The average Bonchev–Trinajstić information content (AvgIpc) is 2.82. The second kappa shape index (κ2) is 11.4. The zero-order valence-electron chi connectivity index (χ0n) is 17.5. The largest absolute Gasteiger partial charge is 0.489 e. The molecule has 6 nitrogen and oxygen atoms in total. The fraction of sp³-hybridized carbons (Fsp3) is 0.200. The van der Waals surface area contributed by atoms with Gasteiger partial charge < -0.3 is 20.1 Å². The van der Waals surface area contributed by atoms with Crippen LogP contribution in [0.25, 0.3) is 0 Å². The third-order valence-electron chi connectivity index (χ3n) is 4.40. The molecule has 0 aliphatic rings. The molecule has 0 radical (unpaired) electrons. The van der Waals surface area contributed by atoms with E-state index in [1.807, 2.05) is 49.4 Å². The van der Waals surface area contributed by atoms with Crippen LogP contribution in [0.2, 0.25) is 0 Å². The number of nitrogens with one attached hydrogen (secondary N) is 2. The minimum Gasteiger partial charge on any atom is -0.489 e. The van der Waals surface area contributed by atoms with E-state index >= 15 is 0 Å². The minimum absolute atomic E-state index is 0.103. The first kappa shape index (κ1) is 21.9. The highest BCUT2D eigenvalue weighted by Gasteiger charge is 2.07. The van der Waals surface area contributed by atoms with Gasteiger partial charge in [0.15, 0.2) is 0 Å². The maximum Gasteiger partial charge on any atom is 0.338 e. The lowest BCUT2D eigenvalue weighted by Crippen LogP contribution is -2.21. The number of carbonyl (C=O) groups is 2. The Morgan fingerprint density at radius 3 is 2.19 bits per heavy atom. The van der Waals surface area contributed by atoms with Gasteiger partial charge in [-0.3, -0.25) is 4.79 Å². The summed E-state index contributed by atoms with van der Waals surface area (Å²) < 4.78 is 10.8. The predicted molar refractivity (Wildman–Crippen MR) is 121 cm³/mol. The van der Waals surface area contributed by atoms with Crippen LogP contribution in [-0.2, 0) is 16.1 Å². The van der Waals surface area contributed by atoms with E-state index in [9.17, 15) is 9.59 Å². The van der Waals surface area contributed by atoms with Crippen LogP contribution in [-0.4, -0.2) is 25.0 Å². The summed E-state index contributed by atoms with van der Waals surface area (Å²) >= 11 is 0. The molecule has 2 N–H and O–H groups in total. The molecule has 160 valence electrons. The van der Waals surface area contributed by atoms with Gasteiger partial charge in [0.05, 0.1) is 18.7 Å². The molecule has 3 aromatic rings. The topological polar surface area (TPSA) is 76.7 Å². The third-order valence-corrected chi connectivity index (χ3v) is 4.40. The molecule has 0 unspecified atom stereocenters. The Balaban J connectivity index is 1.42. The summed E-state index contributed by atoms with van der Waals surface area (Å²) in [5.41, 5.74) is 3.01. The Kier molecular flexibility index (Phi) is 8.05. The summed E-state index contributed by atoms with van der Waals surface area (Å²) in [5, 5.41) is 5.87. The molecule has 0 heterocycles. The molecule has 1 amide bonds. The van der Waals surface area contributed by atoms with Crippen molar-refractivity contribution >= 4 is 23.3 Å². The molecule has 3 aromatic carbocycles. The Bertz CT molecular complexity index is 971. The van der Waals surface area contributed by atoms with Crippen molar-refractivity contribution in [2.75, 3.05) is 23.8 Å². The molecule has 0 aromatic heterocycles. The zero-order valence-corrected chi connectivity index (χ0v) is 17.5. The molecule has 0 saturated heterocycles. The van der Waals surface area contributed by atoms with Crippen molar-refractivity contribution in [1.29, 1.82) is 0 Å². The van der Waals surface area contributed by atoms with E-state index in [4.69, 9.17) is 9.47 Å². The quantitative estimate of drug-likeness (QED) is 0.459. The van der Waals surface area contributed by atoms with E-state index in [1.165, 1.54) is 0 Å². The lowest BCUT2D eigenvalue weighted by atomic mass is 10.2. The molecule has 0 atom stereocenters.